The van der Waals surface area contributed by atoms with E-state index in [9.17, 15) is 22.4 Å². The Morgan fingerprint density at radius 3 is 2.27 bits per heavy atom. The summed E-state index contributed by atoms with van der Waals surface area (Å²) in [5.41, 5.74) is 1.61. The summed E-state index contributed by atoms with van der Waals surface area (Å²) in [6.07, 6.45) is 6.12. The molecule has 0 heterocycles. The monoisotopic (exact) mass is 599 g/mol. The summed E-state index contributed by atoms with van der Waals surface area (Å²) in [6.45, 7) is -0.551. The minimum atomic E-state index is -3.97. The lowest BCUT2D eigenvalue weighted by atomic mass is 9.94. The molecule has 0 aromatic heterocycles. The van der Waals surface area contributed by atoms with Gasteiger partial charge in [-0.15, -0.1) is 0 Å². The van der Waals surface area contributed by atoms with Crippen LogP contribution in [0.3, 0.4) is 0 Å². The first-order chi connectivity index (χ1) is 19.6. The van der Waals surface area contributed by atoms with Crippen molar-refractivity contribution in [1.29, 1.82) is 0 Å². The summed E-state index contributed by atoms with van der Waals surface area (Å²) in [5.74, 6) is -1.51. The van der Waals surface area contributed by atoms with E-state index in [1.807, 2.05) is 30.3 Å². The Kier molecular flexibility index (Phi) is 10.4. The molecule has 0 spiro atoms. The van der Waals surface area contributed by atoms with Gasteiger partial charge in [0.05, 0.1) is 11.9 Å². The first-order valence-corrected chi connectivity index (χ1v) is 15.9. The molecule has 3 aromatic rings. The van der Waals surface area contributed by atoms with Crippen LogP contribution in [0.4, 0.5) is 10.1 Å². The van der Waals surface area contributed by atoms with Crippen molar-refractivity contribution < 1.29 is 22.4 Å². The van der Waals surface area contributed by atoms with Crippen LogP contribution in [0.25, 0.3) is 0 Å². The van der Waals surface area contributed by atoms with Crippen LogP contribution in [-0.2, 0) is 32.6 Å². The van der Waals surface area contributed by atoms with Crippen molar-refractivity contribution in [3.63, 3.8) is 0 Å². The Hall–Kier alpha value is -3.43. The predicted octanol–water partition coefficient (Wildman–Crippen LogP) is 5.33. The molecule has 1 aliphatic carbocycles. The van der Waals surface area contributed by atoms with Crippen LogP contribution in [0.2, 0.25) is 5.02 Å². The molecule has 0 bridgehead atoms. The maximum absolute atomic E-state index is 14.1. The minimum Gasteiger partial charge on any atom is -0.352 e. The molecular formula is C31H35ClFN3O4S. The van der Waals surface area contributed by atoms with Gasteiger partial charge in [-0.1, -0.05) is 79.4 Å². The van der Waals surface area contributed by atoms with Gasteiger partial charge in [0.2, 0.25) is 21.8 Å². The number of rotatable bonds is 11. The quantitative estimate of drug-likeness (QED) is 0.323. The second-order valence-electron chi connectivity index (χ2n) is 10.4. The molecule has 0 radical (unpaired) electrons. The maximum atomic E-state index is 14.1. The van der Waals surface area contributed by atoms with Gasteiger partial charge in [-0.3, -0.25) is 13.9 Å². The highest BCUT2D eigenvalue weighted by Gasteiger charge is 2.34. The maximum Gasteiger partial charge on any atom is 0.244 e. The van der Waals surface area contributed by atoms with Gasteiger partial charge in [-0.2, -0.15) is 0 Å². The first-order valence-electron chi connectivity index (χ1n) is 13.7. The van der Waals surface area contributed by atoms with E-state index in [-0.39, 0.29) is 30.6 Å². The number of carbonyl (C=O) groups is 2. The van der Waals surface area contributed by atoms with Gasteiger partial charge >= 0.3 is 0 Å². The second kappa shape index (κ2) is 14.0. The Balaban J connectivity index is 1.71. The number of amides is 2. The molecule has 1 N–H and O–H groups in total. The molecule has 7 nitrogen and oxygen atoms in total. The molecule has 0 unspecified atom stereocenters. The van der Waals surface area contributed by atoms with Crippen LogP contribution < -0.4 is 9.62 Å². The Bertz CT molecular complexity index is 1430. The van der Waals surface area contributed by atoms with E-state index < -0.39 is 34.3 Å². The second-order valence-corrected chi connectivity index (χ2v) is 12.8. The standard InChI is InChI=1S/C31H35ClFN3O4S/c1-41(39,40)36(28-14-8-11-26(33)20-28)22-30(37)35(21-24-15-17-25(32)18-16-24)29(19-23-9-4-2-5-10-23)31(38)34-27-12-6-3-7-13-27/h2,4-5,8-11,14-18,20,27,29H,3,6-7,12-13,19,21-22H2,1H3,(H,34,38)/t29-/m1/s1. The molecule has 0 saturated heterocycles. The third-order valence-corrected chi connectivity index (χ3v) is 8.66. The summed E-state index contributed by atoms with van der Waals surface area (Å²) < 4.78 is 40.5. The largest absolute Gasteiger partial charge is 0.352 e. The lowest BCUT2D eigenvalue weighted by molar-refractivity contribution is -0.140. The summed E-state index contributed by atoms with van der Waals surface area (Å²) >= 11 is 6.09. The van der Waals surface area contributed by atoms with E-state index in [2.05, 4.69) is 5.32 Å². The van der Waals surface area contributed by atoms with Crippen LogP contribution in [0.5, 0.6) is 0 Å². The summed E-state index contributed by atoms with van der Waals surface area (Å²) in [7, 11) is -3.97. The van der Waals surface area contributed by atoms with Gasteiger partial charge in [-0.05, 0) is 54.3 Å². The molecular weight excluding hydrogens is 565 g/mol. The molecule has 1 atom stereocenters. The zero-order valence-corrected chi connectivity index (χ0v) is 24.6. The lowest BCUT2D eigenvalue weighted by Gasteiger charge is -2.35. The summed E-state index contributed by atoms with van der Waals surface area (Å²) in [6, 6.07) is 20.5. The minimum absolute atomic E-state index is 0.0156. The van der Waals surface area contributed by atoms with Gasteiger partial charge in [0, 0.05) is 24.0 Å². The molecule has 1 saturated carbocycles. The van der Waals surface area contributed by atoms with Crippen molar-refractivity contribution in [3.8, 4) is 0 Å². The molecule has 1 aliphatic rings. The van der Waals surface area contributed by atoms with Crippen LogP contribution in [0.15, 0.2) is 78.9 Å². The predicted molar refractivity (Wildman–Crippen MR) is 160 cm³/mol. The number of nitrogens with zero attached hydrogens (tertiary/aromatic N) is 2. The number of carbonyl (C=O) groups excluding carboxylic acids is 2. The van der Waals surface area contributed by atoms with Crippen molar-refractivity contribution in [3.05, 3.63) is 101 Å². The average Bonchev–Trinajstić information content (AvgIpc) is 2.95. The zero-order valence-electron chi connectivity index (χ0n) is 23.0. The Labute approximate surface area is 246 Å². The number of nitrogens with one attached hydrogen (secondary N) is 1. The van der Waals surface area contributed by atoms with Crippen LogP contribution in [0, 0.1) is 5.82 Å². The van der Waals surface area contributed by atoms with Crippen LogP contribution in [0.1, 0.15) is 43.2 Å². The summed E-state index contributed by atoms with van der Waals surface area (Å²) in [5, 5.41) is 3.68. The van der Waals surface area contributed by atoms with Crippen LogP contribution >= 0.6 is 11.6 Å². The van der Waals surface area contributed by atoms with Gasteiger partial charge in [0.1, 0.15) is 18.4 Å². The van der Waals surface area contributed by atoms with E-state index in [4.69, 9.17) is 11.6 Å². The topological polar surface area (TPSA) is 86.8 Å². The molecule has 10 heteroatoms. The number of hydrogen-bond acceptors (Lipinski definition) is 4. The number of sulfonamides is 1. The molecule has 3 aromatic carbocycles. The number of benzene rings is 3. The normalized spacial score (nSPS) is 14.7. The van der Waals surface area contributed by atoms with Crippen LogP contribution in [-0.4, -0.2) is 50.0 Å². The molecule has 0 aliphatic heterocycles. The van der Waals surface area contributed by atoms with Crippen molar-refractivity contribution >= 4 is 39.1 Å². The fraction of sp³-hybridized carbons (Fsp3) is 0.355. The smallest absolute Gasteiger partial charge is 0.244 e. The van der Waals surface area contributed by atoms with Gasteiger partial charge in [0.25, 0.3) is 0 Å². The highest BCUT2D eigenvalue weighted by Crippen LogP contribution is 2.23. The SMILES string of the molecule is CS(=O)(=O)N(CC(=O)N(Cc1ccc(Cl)cc1)[C@H](Cc1ccccc1)C(=O)NC1CCCCC1)c1cccc(F)c1. The van der Waals surface area contributed by atoms with Gasteiger partial charge < -0.3 is 10.2 Å². The first kappa shape index (κ1) is 30.5. The molecule has 1 fully saturated rings. The van der Waals surface area contributed by atoms with E-state index in [0.717, 1.165) is 59.9 Å². The fourth-order valence-corrected chi connectivity index (χ4v) is 6.10. The molecule has 2 amide bonds. The van der Waals surface area contributed by atoms with E-state index in [1.165, 1.54) is 23.1 Å². The van der Waals surface area contributed by atoms with E-state index >= 15 is 0 Å². The Morgan fingerprint density at radius 1 is 0.951 bits per heavy atom. The van der Waals surface area contributed by atoms with E-state index in [0.29, 0.717) is 5.02 Å². The molecule has 4 rings (SSSR count). The Morgan fingerprint density at radius 2 is 1.63 bits per heavy atom. The zero-order chi connectivity index (χ0) is 29.4. The number of halogens is 2. The number of hydrogen-bond donors (Lipinski definition) is 1. The van der Waals surface area contributed by atoms with Crippen molar-refractivity contribution in [2.75, 3.05) is 17.1 Å². The summed E-state index contributed by atoms with van der Waals surface area (Å²) in [4.78, 5) is 29.4. The van der Waals surface area contributed by atoms with Gasteiger partial charge in [-0.25, -0.2) is 12.8 Å². The highest BCUT2D eigenvalue weighted by atomic mass is 35.5. The number of anilines is 1. The molecule has 41 heavy (non-hydrogen) atoms. The van der Waals surface area contributed by atoms with Crippen molar-refractivity contribution in [1.82, 2.24) is 10.2 Å². The third-order valence-electron chi connectivity index (χ3n) is 7.26. The fourth-order valence-electron chi connectivity index (χ4n) is 5.13. The van der Waals surface area contributed by atoms with Crippen molar-refractivity contribution in [2.45, 2.75) is 57.2 Å². The highest BCUT2D eigenvalue weighted by molar-refractivity contribution is 7.92. The lowest BCUT2D eigenvalue weighted by Crippen LogP contribution is -2.55. The average molecular weight is 600 g/mol. The van der Waals surface area contributed by atoms with Crippen molar-refractivity contribution in [2.24, 2.45) is 0 Å². The molecule has 218 valence electrons. The van der Waals surface area contributed by atoms with E-state index in [1.54, 1.807) is 24.3 Å². The van der Waals surface area contributed by atoms with Gasteiger partial charge in [0.15, 0.2) is 0 Å². The third kappa shape index (κ3) is 8.78.